The summed E-state index contributed by atoms with van der Waals surface area (Å²) in [6, 6.07) is 0. The summed E-state index contributed by atoms with van der Waals surface area (Å²) in [4.78, 5) is 22.4. The van der Waals surface area contributed by atoms with E-state index in [2.05, 4.69) is 18.6 Å². The van der Waals surface area contributed by atoms with Crippen molar-refractivity contribution < 1.29 is 14.3 Å². The highest BCUT2D eigenvalue weighted by molar-refractivity contribution is 8.00. The van der Waals surface area contributed by atoms with E-state index < -0.39 is 0 Å². The van der Waals surface area contributed by atoms with Crippen molar-refractivity contribution in [2.75, 3.05) is 5.75 Å². The number of cyclic esters (lactones) is 2. The lowest BCUT2D eigenvalue weighted by Gasteiger charge is -2.28. The van der Waals surface area contributed by atoms with Crippen molar-refractivity contribution >= 4 is 23.7 Å². The number of carbonyl (C=O) groups is 2. The quantitative estimate of drug-likeness (QED) is 0.491. The van der Waals surface area contributed by atoms with Crippen LogP contribution in [0.4, 0.5) is 0 Å². The maximum atomic E-state index is 11.4. The maximum absolute atomic E-state index is 11.4. The number of ether oxygens (including phenoxy) is 1. The third kappa shape index (κ3) is 1.56. The van der Waals surface area contributed by atoms with Crippen molar-refractivity contribution in [1.29, 1.82) is 0 Å². The van der Waals surface area contributed by atoms with Crippen LogP contribution in [0.2, 0.25) is 0 Å². The van der Waals surface area contributed by atoms with Crippen LogP contribution in [0.25, 0.3) is 0 Å². The molecule has 2 aliphatic rings. The average molecular weight is 214 g/mol. The molecule has 0 bridgehead atoms. The van der Waals surface area contributed by atoms with E-state index in [0.717, 1.165) is 12.2 Å². The molecule has 2 rings (SSSR count). The second kappa shape index (κ2) is 3.26. The van der Waals surface area contributed by atoms with Gasteiger partial charge < -0.3 is 4.74 Å². The van der Waals surface area contributed by atoms with E-state index >= 15 is 0 Å². The highest BCUT2D eigenvalue weighted by atomic mass is 32.2. The molecule has 0 aromatic carbocycles. The molecule has 14 heavy (non-hydrogen) atoms. The molecule has 2 unspecified atom stereocenters. The van der Waals surface area contributed by atoms with Gasteiger partial charge in [-0.05, 0) is 18.1 Å². The first-order valence-corrected chi connectivity index (χ1v) is 5.88. The van der Waals surface area contributed by atoms with Crippen LogP contribution < -0.4 is 0 Å². The standard InChI is InChI=1S/C10H14O3S/c1-10(2)7(3-4-14-10)6-5-8(11)13-9(6)12/h6-7H,3-5H2,1-2H3. The highest BCUT2D eigenvalue weighted by Crippen LogP contribution is 2.48. The molecule has 2 atom stereocenters. The summed E-state index contributed by atoms with van der Waals surface area (Å²) in [5, 5.41) is 0. The lowest BCUT2D eigenvalue weighted by atomic mass is 9.80. The molecule has 2 aliphatic heterocycles. The Morgan fingerprint density at radius 1 is 1.43 bits per heavy atom. The number of thioether (sulfide) groups is 1. The highest BCUT2D eigenvalue weighted by Gasteiger charge is 2.48. The van der Waals surface area contributed by atoms with Crippen LogP contribution >= 0.6 is 11.8 Å². The Morgan fingerprint density at radius 3 is 2.57 bits per heavy atom. The monoisotopic (exact) mass is 214 g/mol. The lowest BCUT2D eigenvalue weighted by molar-refractivity contribution is -0.153. The van der Waals surface area contributed by atoms with Gasteiger partial charge in [0, 0.05) is 4.75 Å². The van der Waals surface area contributed by atoms with Gasteiger partial charge >= 0.3 is 11.9 Å². The van der Waals surface area contributed by atoms with Crippen molar-refractivity contribution in [1.82, 2.24) is 0 Å². The lowest BCUT2D eigenvalue weighted by Crippen LogP contribution is -2.31. The first-order chi connectivity index (χ1) is 6.50. The van der Waals surface area contributed by atoms with E-state index in [9.17, 15) is 9.59 Å². The summed E-state index contributed by atoms with van der Waals surface area (Å²) in [6.45, 7) is 4.29. The number of hydrogen-bond donors (Lipinski definition) is 0. The first-order valence-electron chi connectivity index (χ1n) is 4.89. The molecule has 2 fully saturated rings. The van der Waals surface area contributed by atoms with Crippen molar-refractivity contribution in [2.24, 2.45) is 11.8 Å². The van der Waals surface area contributed by atoms with Crippen LogP contribution in [-0.2, 0) is 14.3 Å². The van der Waals surface area contributed by atoms with Crippen LogP contribution in [0.3, 0.4) is 0 Å². The second-order valence-electron chi connectivity index (χ2n) is 4.45. The van der Waals surface area contributed by atoms with Crippen LogP contribution in [0.15, 0.2) is 0 Å². The van der Waals surface area contributed by atoms with E-state index in [1.165, 1.54) is 0 Å². The van der Waals surface area contributed by atoms with Crippen molar-refractivity contribution in [2.45, 2.75) is 31.4 Å². The molecule has 0 aromatic heterocycles. The molecule has 0 aliphatic carbocycles. The number of esters is 2. The van der Waals surface area contributed by atoms with E-state index in [0.29, 0.717) is 5.92 Å². The van der Waals surface area contributed by atoms with Gasteiger partial charge in [0.05, 0.1) is 12.3 Å². The SMILES string of the molecule is CC1(C)SCCC1C1CC(=O)OC1=O. The molecule has 0 N–H and O–H groups in total. The smallest absolute Gasteiger partial charge is 0.317 e. The number of carbonyl (C=O) groups excluding carboxylic acids is 2. The summed E-state index contributed by atoms with van der Waals surface area (Å²) in [6.07, 6.45) is 1.30. The molecule has 2 heterocycles. The van der Waals surface area contributed by atoms with Crippen molar-refractivity contribution in [3.05, 3.63) is 0 Å². The Morgan fingerprint density at radius 2 is 2.14 bits per heavy atom. The van der Waals surface area contributed by atoms with Crippen molar-refractivity contribution in [3.8, 4) is 0 Å². The third-order valence-corrected chi connectivity index (χ3v) is 4.67. The molecule has 3 nitrogen and oxygen atoms in total. The minimum absolute atomic E-state index is 0.105. The molecule has 78 valence electrons. The molecule has 0 radical (unpaired) electrons. The normalized spacial score (nSPS) is 36.1. The van der Waals surface area contributed by atoms with Gasteiger partial charge in [0.15, 0.2) is 0 Å². The first kappa shape index (κ1) is 10.0. The van der Waals surface area contributed by atoms with Gasteiger partial charge in [-0.1, -0.05) is 13.8 Å². The predicted molar refractivity (Wildman–Crippen MR) is 53.9 cm³/mol. The molecule has 0 spiro atoms. The van der Waals surface area contributed by atoms with Gasteiger partial charge in [-0.25, -0.2) is 0 Å². The second-order valence-corrected chi connectivity index (χ2v) is 6.20. The minimum atomic E-state index is -0.354. The predicted octanol–water partition coefficient (Wildman–Crippen LogP) is 1.61. The van der Waals surface area contributed by atoms with E-state index in [-0.39, 0.29) is 29.0 Å². The Labute approximate surface area is 87.6 Å². The molecule has 0 saturated carbocycles. The fraction of sp³-hybridized carbons (Fsp3) is 0.800. The van der Waals surface area contributed by atoms with Crippen LogP contribution in [0.1, 0.15) is 26.7 Å². The maximum Gasteiger partial charge on any atom is 0.317 e. The summed E-state index contributed by atoms with van der Waals surface area (Å²) < 4.78 is 4.70. The summed E-state index contributed by atoms with van der Waals surface area (Å²) in [5.74, 6) is 0.526. The van der Waals surface area contributed by atoms with Gasteiger partial charge in [-0.15, -0.1) is 0 Å². The number of hydrogen-bond acceptors (Lipinski definition) is 4. The Kier molecular flexibility index (Phi) is 2.33. The Hall–Kier alpha value is -0.510. The Bertz CT molecular complexity index is 285. The van der Waals surface area contributed by atoms with Gasteiger partial charge in [-0.3, -0.25) is 9.59 Å². The Balaban J connectivity index is 2.15. The topological polar surface area (TPSA) is 43.4 Å². The van der Waals surface area contributed by atoms with Gasteiger partial charge in [0.2, 0.25) is 0 Å². The summed E-state index contributed by atoms with van der Waals surface area (Å²) >= 11 is 1.88. The van der Waals surface area contributed by atoms with E-state index in [1.807, 2.05) is 11.8 Å². The molecule has 0 aromatic rings. The van der Waals surface area contributed by atoms with Crippen molar-refractivity contribution in [3.63, 3.8) is 0 Å². The summed E-state index contributed by atoms with van der Waals surface area (Å²) in [5.41, 5.74) is 0. The van der Waals surface area contributed by atoms with Gasteiger partial charge in [-0.2, -0.15) is 11.8 Å². The molecule has 0 amide bonds. The third-order valence-electron chi connectivity index (χ3n) is 3.19. The van der Waals surface area contributed by atoms with Crippen LogP contribution in [-0.4, -0.2) is 22.4 Å². The molecular weight excluding hydrogens is 200 g/mol. The van der Waals surface area contributed by atoms with Gasteiger partial charge in [0.25, 0.3) is 0 Å². The largest absolute Gasteiger partial charge is 0.393 e. The van der Waals surface area contributed by atoms with E-state index in [1.54, 1.807) is 0 Å². The van der Waals surface area contributed by atoms with Crippen LogP contribution in [0.5, 0.6) is 0 Å². The molecule has 2 saturated heterocycles. The summed E-state index contributed by atoms with van der Waals surface area (Å²) in [7, 11) is 0. The average Bonchev–Trinajstić information content (AvgIpc) is 2.54. The number of rotatable bonds is 1. The van der Waals surface area contributed by atoms with Gasteiger partial charge in [0.1, 0.15) is 0 Å². The zero-order chi connectivity index (χ0) is 10.3. The fourth-order valence-corrected chi connectivity index (χ4v) is 3.78. The van der Waals surface area contributed by atoms with Crippen LogP contribution in [0, 0.1) is 11.8 Å². The zero-order valence-corrected chi connectivity index (χ0v) is 9.23. The molecular formula is C10H14O3S. The zero-order valence-electron chi connectivity index (χ0n) is 8.41. The van der Waals surface area contributed by atoms with E-state index in [4.69, 9.17) is 0 Å². The fourth-order valence-electron chi connectivity index (χ4n) is 2.39. The minimum Gasteiger partial charge on any atom is -0.393 e. The molecule has 4 heteroatoms.